The summed E-state index contributed by atoms with van der Waals surface area (Å²) in [5.41, 5.74) is 1.40. The first kappa shape index (κ1) is 27.3. The maximum Gasteiger partial charge on any atom is 0.323 e. The molecule has 30 heavy (non-hydrogen) atoms. The predicted molar refractivity (Wildman–Crippen MR) is 141 cm³/mol. The van der Waals surface area contributed by atoms with Crippen molar-refractivity contribution < 1.29 is 24.3 Å². The minimum atomic E-state index is -1.11. The molecule has 11 heteroatoms. The van der Waals surface area contributed by atoms with Gasteiger partial charge in [0.2, 0.25) is 11.8 Å². The van der Waals surface area contributed by atoms with Crippen LogP contribution in [0.4, 0.5) is 11.4 Å². The van der Waals surface area contributed by atoms with Crippen molar-refractivity contribution in [2.75, 3.05) is 36.0 Å². The zero-order chi connectivity index (χ0) is 23.3. The number of carbonyl (C=O) groups is 4. The van der Waals surface area contributed by atoms with Gasteiger partial charge in [0.05, 0.1) is 27.6 Å². The highest BCUT2D eigenvalue weighted by molar-refractivity contribution is 14.1. The molecule has 0 spiro atoms. The molecule has 8 nitrogen and oxygen atoms in total. The number of amides is 3. The summed E-state index contributed by atoms with van der Waals surface area (Å²) < 4.78 is 1.79. The van der Waals surface area contributed by atoms with Crippen LogP contribution in [0.1, 0.15) is 45.0 Å². The number of anilines is 2. The first-order chi connectivity index (χ1) is 13.9. The van der Waals surface area contributed by atoms with E-state index in [2.05, 4.69) is 22.6 Å². The molecule has 0 aromatic heterocycles. The average molecular weight is 755 g/mol. The summed E-state index contributed by atoms with van der Waals surface area (Å²) in [5.74, 6) is -1.95. The first-order valence-corrected chi connectivity index (χ1v) is 12.5. The minimum absolute atomic E-state index is 0.192. The third kappa shape index (κ3) is 5.75. The van der Waals surface area contributed by atoms with Crippen LogP contribution in [-0.4, -0.2) is 59.9 Å². The lowest BCUT2D eigenvalue weighted by Gasteiger charge is -2.31. The van der Waals surface area contributed by atoms with E-state index in [-0.39, 0.29) is 18.4 Å². The highest BCUT2D eigenvalue weighted by Crippen LogP contribution is 2.43. The molecule has 166 valence electrons. The number of rotatable bonds is 8. The van der Waals surface area contributed by atoms with Crippen LogP contribution in [0.2, 0.25) is 0 Å². The molecular weight excluding hydrogens is 731 g/mol. The van der Waals surface area contributed by atoms with E-state index in [1.165, 1.54) is 18.7 Å². The molecule has 0 saturated heterocycles. The van der Waals surface area contributed by atoms with Crippen molar-refractivity contribution in [2.45, 2.75) is 34.6 Å². The number of likely N-dealkylation sites (N-methyl/N-ethyl adjacent to an activating group) is 1. The van der Waals surface area contributed by atoms with Crippen molar-refractivity contribution in [3.8, 4) is 0 Å². The number of aliphatic carboxylic acids is 1. The van der Waals surface area contributed by atoms with Gasteiger partial charge in [-0.05, 0) is 88.5 Å². The quantitative estimate of drug-likeness (QED) is 0.408. The maximum atomic E-state index is 13.4. The van der Waals surface area contributed by atoms with Crippen molar-refractivity contribution in [1.29, 1.82) is 0 Å². The van der Waals surface area contributed by atoms with E-state index in [0.29, 0.717) is 40.7 Å². The molecule has 0 unspecified atom stereocenters. The molecule has 0 aliphatic carbocycles. The number of nitrogens with zero attached hydrogens (tertiary/aromatic N) is 3. The Labute approximate surface area is 217 Å². The Morgan fingerprint density at radius 2 is 1.17 bits per heavy atom. The summed E-state index contributed by atoms with van der Waals surface area (Å²) in [4.78, 5) is 53.6. The van der Waals surface area contributed by atoms with Crippen molar-refractivity contribution in [2.24, 2.45) is 0 Å². The van der Waals surface area contributed by atoms with E-state index in [9.17, 15) is 24.3 Å². The van der Waals surface area contributed by atoms with Crippen molar-refractivity contribution >= 4 is 103 Å². The molecule has 0 saturated carbocycles. The summed E-state index contributed by atoms with van der Waals surface area (Å²) in [6.45, 7) is 8.80. The zero-order valence-electron chi connectivity index (χ0n) is 17.4. The Morgan fingerprint density at radius 1 is 0.767 bits per heavy atom. The SMILES string of the molecule is CCN(CC(=O)O)C(=O)c1c(I)c(N(CC)C(C)=O)c(I)c(N(CC)C(C)=O)c1I. The number of benzene rings is 1. The van der Waals surface area contributed by atoms with Gasteiger partial charge >= 0.3 is 5.97 Å². The number of hydrogen-bond donors (Lipinski definition) is 1. The van der Waals surface area contributed by atoms with Crippen LogP contribution in [0.25, 0.3) is 0 Å². The van der Waals surface area contributed by atoms with E-state index < -0.39 is 18.4 Å². The maximum absolute atomic E-state index is 13.4. The van der Waals surface area contributed by atoms with Gasteiger partial charge in [-0.3, -0.25) is 19.2 Å². The van der Waals surface area contributed by atoms with Crippen molar-refractivity contribution in [3.63, 3.8) is 0 Å². The number of carboxylic acids is 1. The lowest BCUT2D eigenvalue weighted by Crippen LogP contribution is -2.38. The van der Waals surface area contributed by atoms with Gasteiger partial charge in [0.15, 0.2) is 0 Å². The van der Waals surface area contributed by atoms with Crippen LogP contribution in [-0.2, 0) is 14.4 Å². The first-order valence-electron chi connectivity index (χ1n) is 9.21. The summed E-state index contributed by atoms with van der Waals surface area (Å²) >= 11 is 6.17. The highest BCUT2D eigenvalue weighted by Gasteiger charge is 2.32. The molecule has 0 radical (unpaired) electrons. The summed E-state index contributed by atoms with van der Waals surface area (Å²) in [6, 6.07) is 0. The van der Waals surface area contributed by atoms with Gasteiger partial charge in [-0.2, -0.15) is 0 Å². The smallest absolute Gasteiger partial charge is 0.323 e. The molecular formula is C19H24I3N3O5. The summed E-state index contributed by atoms with van der Waals surface area (Å²) in [5, 5.41) is 9.20. The Morgan fingerprint density at radius 3 is 1.43 bits per heavy atom. The molecule has 0 aliphatic heterocycles. The number of carboxylic acid groups (broad SMARTS) is 1. The Bertz CT molecular complexity index is 826. The number of hydrogen-bond acceptors (Lipinski definition) is 4. The van der Waals surface area contributed by atoms with E-state index in [1.807, 2.05) is 59.0 Å². The second kappa shape index (κ2) is 11.8. The lowest BCUT2D eigenvalue weighted by atomic mass is 10.1. The molecule has 0 heterocycles. The fraction of sp³-hybridized carbons (Fsp3) is 0.474. The standard InChI is InChI=1S/C19H24I3N3O5/c1-6-23(9-12(28)29)19(30)13-14(20)17(24(7-2)10(4)26)16(22)18(15(13)21)25(8-3)11(5)27/h6-9H2,1-5H3,(H,28,29). The fourth-order valence-electron chi connectivity index (χ4n) is 3.02. The van der Waals surface area contributed by atoms with Crippen LogP contribution in [0, 0.1) is 10.7 Å². The van der Waals surface area contributed by atoms with Gasteiger partial charge in [-0.1, -0.05) is 0 Å². The number of carbonyl (C=O) groups excluding carboxylic acids is 3. The fourth-order valence-corrected chi connectivity index (χ4v) is 7.82. The molecule has 0 aliphatic rings. The monoisotopic (exact) mass is 755 g/mol. The van der Waals surface area contributed by atoms with E-state index in [4.69, 9.17) is 0 Å². The van der Waals surface area contributed by atoms with Gasteiger partial charge in [-0.15, -0.1) is 0 Å². The van der Waals surface area contributed by atoms with Crippen molar-refractivity contribution in [1.82, 2.24) is 4.90 Å². The van der Waals surface area contributed by atoms with Crippen LogP contribution in [0.5, 0.6) is 0 Å². The van der Waals surface area contributed by atoms with Gasteiger partial charge in [0.25, 0.3) is 5.91 Å². The van der Waals surface area contributed by atoms with Gasteiger partial charge in [0, 0.05) is 33.5 Å². The molecule has 0 atom stereocenters. The van der Waals surface area contributed by atoms with E-state index >= 15 is 0 Å². The third-order valence-corrected chi connectivity index (χ3v) is 7.53. The molecule has 1 aromatic rings. The van der Waals surface area contributed by atoms with Crippen LogP contribution < -0.4 is 9.80 Å². The van der Waals surface area contributed by atoms with Gasteiger partial charge in [0.1, 0.15) is 6.54 Å². The van der Waals surface area contributed by atoms with Crippen LogP contribution in [0.3, 0.4) is 0 Å². The van der Waals surface area contributed by atoms with Crippen LogP contribution in [0.15, 0.2) is 0 Å². The van der Waals surface area contributed by atoms with E-state index in [1.54, 1.807) is 16.7 Å². The zero-order valence-corrected chi connectivity index (χ0v) is 23.9. The van der Waals surface area contributed by atoms with Gasteiger partial charge < -0.3 is 19.8 Å². The third-order valence-electron chi connectivity index (χ3n) is 4.41. The molecule has 1 rings (SSSR count). The summed E-state index contributed by atoms with van der Waals surface area (Å²) in [6.07, 6.45) is 0. The Kier molecular flexibility index (Phi) is 10.7. The Hall–Kier alpha value is -0.710. The molecule has 1 N–H and O–H groups in total. The molecule has 1 aromatic carbocycles. The molecule has 0 fully saturated rings. The topological polar surface area (TPSA) is 98.2 Å². The normalized spacial score (nSPS) is 10.5. The van der Waals surface area contributed by atoms with Gasteiger partial charge in [-0.25, -0.2) is 0 Å². The molecule has 0 bridgehead atoms. The summed E-state index contributed by atoms with van der Waals surface area (Å²) in [7, 11) is 0. The highest BCUT2D eigenvalue weighted by atomic mass is 127. The molecule has 3 amide bonds. The minimum Gasteiger partial charge on any atom is -0.480 e. The lowest BCUT2D eigenvalue weighted by molar-refractivity contribution is -0.137. The largest absolute Gasteiger partial charge is 0.480 e. The van der Waals surface area contributed by atoms with E-state index in [0.717, 1.165) is 0 Å². The van der Waals surface area contributed by atoms with Crippen molar-refractivity contribution in [3.05, 3.63) is 16.3 Å². The second-order valence-electron chi connectivity index (χ2n) is 6.25. The Balaban J connectivity index is 4.01. The number of halogens is 3. The predicted octanol–water partition coefficient (Wildman–Crippen LogP) is 3.79. The average Bonchev–Trinajstić information content (AvgIpc) is 2.65. The second-order valence-corrected chi connectivity index (χ2v) is 9.49. The van der Waals surface area contributed by atoms with Crippen LogP contribution >= 0.6 is 67.8 Å².